The van der Waals surface area contributed by atoms with Crippen LogP contribution in [0.15, 0.2) is 18.2 Å². The van der Waals surface area contributed by atoms with E-state index < -0.39 is 6.10 Å². The van der Waals surface area contributed by atoms with Crippen molar-refractivity contribution in [1.82, 2.24) is 0 Å². The van der Waals surface area contributed by atoms with Gasteiger partial charge in [0.1, 0.15) is 17.6 Å². The first kappa shape index (κ1) is 14.5. The molecule has 0 radical (unpaired) electrons. The number of carbonyl (C=O) groups is 1. The molecule has 0 bridgehead atoms. The summed E-state index contributed by atoms with van der Waals surface area (Å²) in [6.07, 6.45) is 0.680. The van der Waals surface area contributed by atoms with Gasteiger partial charge in [-0.05, 0) is 24.6 Å². The molecule has 0 spiro atoms. The molecule has 0 N–H and O–H groups in total. The zero-order chi connectivity index (χ0) is 13.5. The predicted octanol–water partition coefficient (Wildman–Crippen LogP) is 2.76. The fourth-order valence-electron chi connectivity index (χ4n) is 1.85. The Morgan fingerprint density at radius 1 is 1.22 bits per heavy atom. The molecule has 1 unspecified atom stereocenters. The second-order valence-corrected chi connectivity index (χ2v) is 3.94. The van der Waals surface area contributed by atoms with Gasteiger partial charge in [-0.1, -0.05) is 6.92 Å². The SMILES string of the molecule is CCCC(=O)C(OC)c1cc(OC)ccc1OC. The van der Waals surface area contributed by atoms with Crippen LogP contribution in [-0.2, 0) is 9.53 Å². The summed E-state index contributed by atoms with van der Waals surface area (Å²) in [7, 11) is 4.68. The maximum absolute atomic E-state index is 12.0. The Morgan fingerprint density at radius 2 is 1.94 bits per heavy atom. The van der Waals surface area contributed by atoms with Gasteiger partial charge in [0.2, 0.25) is 0 Å². The molecule has 0 saturated carbocycles. The first-order valence-electron chi connectivity index (χ1n) is 5.95. The van der Waals surface area contributed by atoms with Crippen LogP contribution in [0.1, 0.15) is 31.4 Å². The van der Waals surface area contributed by atoms with E-state index in [1.807, 2.05) is 6.92 Å². The Labute approximate surface area is 108 Å². The minimum absolute atomic E-state index is 0.0477. The second kappa shape index (κ2) is 7.01. The van der Waals surface area contributed by atoms with E-state index in [0.717, 1.165) is 6.42 Å². The largest absolute Gasteiger partial charge is 0.497 e. The molecule has 0 saturated heterocycles. The lowest BCUT2D eigenvalue weighted by Gasteiger charge is -2.18. The Bertz CT molecular complexity index is 401. The van der Waals surface area contributed by atoms with Gasteiger partial charge < -0.3 is 14.2 Å². The van der Waals surface area contributed by atoms with E-state index in [-0.39, 0.29) is 5.78 Å². The lowest BCUT2D eigenvalue weighted by Crippen LogP contribution is -2.15. The van der Waals surface area contributed by atoms with Crippen LogP contribution in [0.3, 0.4) is 0 Å². The van der Waals surface area contributed by atoms with Crippen molar-refractivity contribution < 1.29 is 19.0 Å². The first-order chi connectivity index (χ1) is 8.67. The van der Waals surface area contributed by atoms with Crippen molar-refractivity contribution in [2.45, 2.75) is 25.9 Å². The highest BCUT2D eigenvalue weighted by Crippen LogP contribution is 2.32. The van der Waals surface area contributed by atoms with Gasteiger partial charge in [0.05, 0.1) is 14.2 Å². The summed E-state index contributed by atoms with van der Waals surface area (Å²) < 4.78 is 15.7. The van der Waals surface area contributed by atoms with E-state index in [4.69, 9.17) is 14.2 Å². The highest BCUT2D eigenvalue weighted by atomic mass is 16.5. The average molecular weight is 252 g/mol. The van der Waals surface area contributed by atoms with Crippen LogP contribution in [-0.4, -0.2) is 27.1 Å². The number of hydrogen-bond acceptors (Lipinski definition) is 4. The van der Waals surface area contributed by atoms with Gasteiger partial charge in [-0.3, -0.25) is 4.79 Å². The molecule has 1 rings (SSSR count). The molecule has 0 aliphatic heterocycles. The van der Waals surface area contributed by atoms with E-state index in [1.165, 1.54) is 7.11 Å². The van der Waals surface area contributed by atoms with Crippen molar-refractivity contribution in [3.63, 3.8) is 0 Å². The normalized spacial score (nSPS) is 12.0. The zero-order valence-corrected chi connectivity index (χ0v) is 11.4. The van der Waals surface area contributed by atoms with Crippen molar-refractivity contribution in [2.24, 2.45) is 0 Å². The molecule has 1 aromatic rings. The number of Topliss-reactive ketones (excluding diaryl/α,β-unsaturated/α-hetero) is 1. The predicted molar refractivity (Wildman–Crippen MR) is 69.2 cm³/mol. The van der Waals surface area contributed by atoms with Crippen molar-refractivity contribution in [2.75, 3.05) is 21.3 Å². The molecule has 0 aliphatic carbocycles. The van der Waals surface area contributed by atoms with E-state index >= 15 is 0 Å². The minimum Gasteiger partial charge on any atom is -0.497 e. The third-order valence-electron chi connectivity index (χ3n) is 2.74. The Morgan fingerprint density at radius 3 is 2.44 bits per heavy atom. The Balaban J connectivity index is 3.13. The smallest absolute Gasteiger partial charge is 0.166 e. The van der Waals surface area contributed by atoms with Crippen molar-refractivity contribution in [1.29, 1.82) is 0 Å². The molecular formula is C14H20O4. The molecular weight excluding hydrogens is 232 g/mol. The quantitative estimate of drug-likeness (QED) is 0.748. The Hall–Kier alpha value is -1.55. The summed E-state index contributed by atoms with van der Waals surface area (Å²) in [5, 5.41) is 0. The van der Waals surface area contributed by atoms with Gasteiger partial charge >= 0.3 is 0 Å². The van der Waals surface area contributed by atoms with Gasteiger partial charge in [-0.25, -0.2) is 0 Å². The van der Waals surface area contributed by atoms with Gasteiger partial charge in [0.25, 0.3) is 0 Å². The number of benzene rings is 1. The molecule has 4 nitrogen and oxygen atoms in total. The minimum atomic E-state index is -0.602. The van der Waals surface area contributed by atoms with Gasteiger partial charge in [0.15, 0.2) is 5.78 Å². The van der Waals surface area contributed by atoms with Crippen LogP contribution in [0.5, 0.6) is 11.5 Å². The fraction of sp³-hybridized carbons (Fsp3) is 0.500. The van der Waals surface area contributed by atoms with E-state index in [2.05, 4.69) is 0 Å². The molecule has 0 fully saturated rings. The first-order valence-corrected chi connectivity index (χ1v) is 5.95. The summed E-state index contributed by atoms with van der Waals surface area (Å²) in [6.45, 7) is 1.97. The van der Waals surface area contributed by atoms with Crippen LogP contribution in [0.2, 0.25) is 0 Å². The van der Waals surface area contributed by atoms with Crippen LogP contribution in [0.25, 0.3) is 0 Å². The monoisotopic (exact) mass is 252 g/mol. The fourth-order valence-corrected chi connectivity index (χ4v) is 1.85. The van der Waals surface area contributed by atoms with Crippen molar-refractivity contribution in [3.05, 3.63) is 23.8 Å². The summed E-state index contributed by atoms with van der Waals surface area (Å²) in [6, 6.07) is 5.35. The van der Waals surface area contributed by atoms with Crippen LogP contribution in [0.4, 0.5) is 0 Å². The lowest BCUT2D eigenvalue weighted by atomic mass is 10.0. The van der Waals surface area contributed by atoms with Crippen LogP contribution < -0.4 is 9.47 Å². The number of methoxy groups -OCH3 is 3. The number of ether oxygens (including phenoxy) is 3. The molecule has 1 atom stereocenters. The number of rotatable bonds is 7. The second-order valence-electron chi connectivity index (χ2n) is 3.94. The standard InChI is InChI=1S/C14H20O4/c1-5-6-12(15)14(18-4)11-9-10(16-2)7-8-13(11)17-3/h7-9,14H,5-6H2,1-4H3. The summed E-state index contributed by atoms with van der Waals surface area (Å²) in [4.78, 5) is 12.0. The lowest BCUT2D eigenvalue weighted by molar-refractivity contribution is -0.129. The van der Waals surface area contributed by atoms with Crippen molar-refractivity contribution in [3.8, 4) is 11.5 Å². The highest BCUT2D eigenvalue weighted by molar-refractivity contribution is 5.85. The summed E-state index contributed by atoms with van der Waals surface area (Å²) in [5.74, 6) is 1.36. The maximum atomic E-state index is 12.0. The highest BCUT2D eigenvalue weighted by Gasteiger charge is 2.23. The third-order valence-corrected chi connectivity index (χ3v) is 2.74. The van der Waals surface area contributed by atoms with Gasteiger partial charge in [0, 0.05) is 19.1 Å². The topological polar surface area (TPSA) is 44.8 Å². The molecule has 1 aromatic carbocycles. The molecule has 0 heterocycles. The van der Waals surface area contributed by atoms with Crippen LogP contribution >= 0.6 is 0 Å². The third kappa shape index (κ3) is 3.23. The molecule has 0 aromatic heterocycles. The number of ketones is 1. The van der Waals surface area contributed by atoms with Gasteiger partial charge in [-0.15, -0.1) is 0 Å². The van der Waals surface area contributed by atoms with E-state index in [9.17, 15) is 4.79 Å². The number of hydrogen-bond donors (Lipinski definition) is 0. The van der Waals surface area contributed by atoms with Crippen molar-refractivity contribution >= 4 is 5.78 Å². The maximum Gasteiger partial charge on any atom is 0.166 e. The van der Waals surface area contributed by atoms with E-state index in [0.29, 0.717) is 23.5 Å². The average Bonchev–Trinajstić information content (AvgIpc) is 2.39. The number of carbonyl (C=O) groups excluding carboxylic acids is 1. The summed E-state index contributed by atoms with van der Waals surface area (Å²) in [5.41, 5.74) is 0.706. The zero-order valence-electron chi connectivity index (χ0n) is 11.4. The summed E-state index contributed by atoms with van der Waals surface area (Å²) >= 11 is 0. The molecule has 0 aliphatic rings. The van der Waals surface area contributed by atoms with Gasteiger partial charge in [-0.2, -0.15) is 0 Å². The molecule has 100 valence electrons. The molecule has 18 heavy (non-hydrogen) atoms. The van der Waals surface area contributed by atoms with Crippen LogP contribution in [0, 0.1) is 0 Å². The molecule has 4 heteroatoms. The Kier molecular flexibility index (Phi) is 5.65. The van der Waals surface area contributed by atoms with E-state index in [1.54, 1.807) is 32.4 Å². The molecule has 0 amide bonds.